The third-order valence-corrected chi connectivity index (χ3v) is 2.53. The number of ether oxygens (including phenoxy) is 2. The molecule has 0 aromatic heterocycles. The number of carbonyl (C=O) groups is 1. The Morgan fingerprint density at radius 2 is 2.12 bits per heavy atom. The van der Waals surface area contributed by atoms with Gasteiger partial charge in [-0.3, -0.25) is 4.79 Å². The maximum atomic E-state index is 12.9. The quantitative estimate of drug-likeness (QED) is 0.737. The monoisotopic (exact) mass is 224 g/mol. The number of rotatable bonds is 3. The Kier molecular flexibility index (Phi) is 3.31. The fourth-order valence-electron chi connectivity index (χ4n) is 1.73. The summed E-state index contributed by atoms with van der Waals surface area (Å²) in [5.41, 5.74) is 1.17. The van der Waals surface area contributed by atoms with Crippen molar-refractivity contribution in [2.45, 2.75) is 19.6 Å². The van der Waals surface area contributed by atoms with E-state index in [2.05, 4.69) is 0 Å². The molecule has 1 aromatic rings. The van der Waals surface area contributed by atoms with Crippen molar-refractivity contribution in [1.29, 1.82) is 0 Å². The van der Waals surface area contributed by atoms with Crippen molar-refractivity contribution in [2.75, 3.05) is 13.2 Å². The number of benzene rings is 1. The number of ketones is 1. The summed E-state index contributed by atoms with van der Waals surface area (Å²) < 4.78 is 23.2. The van der Waals surface area contributed by atoms with Crippen molar-refractivity contribution in [2.24, 2.45) is 0 Å². The van der Waals surface area contributed by atoms with Gasteiger partial charge in [0.25, 0.3) is 0 Å². The van der Waals surface area contributed by atoms with Gasteiger partial charge < -0.3 is 9.47 Å². The molecule has 16 heavy (non-hydrogen) atoms. The van der Waals surface area contributed by atoms with Crippen LogP contribution in [-0.4, -0.2) is 25.3 Å². The molecule has 4 heteroatoms. The Bertz CT molecular complexity index is 397. The summed E-state index contributed by atoms with van der Waals surface area (Å²) in [5, 5.41) is 0. The van der Waals surface area contributed by atoms with E-state index >= 15 is 0 Å². The molecule has 2 rings (SSSR count). The van der Waals surface area contributed by atoms with Gasteiger partial charge in [0.1, 0.15) is 5.82 Å². The van der Waals surface area contributed by atoms with E-state index in [-0.39, 0.29) is 18.0 Å². The van der Waals surface area contributed by atoms with E-state index in [1.165, 1.54) is 18.2 Å². The molecule has 0 N–H and O–H groups in total. The van der Waals surface area contributed by atoms with Gasteiger partial charge >= 0.3 is 0 Å². The van der Waals surface area contributed by atoms with Gasteiger partial charge in [0, 0.05) is 5.56 Å². The van der Waals surface area contributed by atoms with Crippen LogP contribution in [-0.2, 0) is 9.47 Å². The normalized spacial score (nSPS) is 16.6. The zero-order valence-corrected chi connectivity index (χ0v) is 9.03. The number of halogens is 1. The summed E-state index contributed by atoms with van der Waals surface area (Å²) in [5.74, 6) is -0.410. The van der Waals surface area contributed by atoms with Crippen molar-refractivity contribution >= 4 is 5.78 Å². The summed E-state index contributed by atoms with van der Waals surface area (Å²) in [6.07, 6.45) is -0.260. The minimum atomic E-state index is -0.447. The van der Waals surface area contributed by atoms with Gasteiger partial charge in [-0.2, -0.15) is 0 Å². The molecular weight excluding hydrogens is 211 g/mol. The first-order chi connectivity index (χ1) is 7.66. The molecule has 3 nitrogen and oxygen atoms in total. The molecule has 0 radical (unpaired) electrons. The standard InChI is InChI=1S/C12H13FO3/c1-8-6-9(13)2-3-10(8)11(14)7-12-15-4-5-16-12/h2-3,6,12H,4-5,7H2,1H3. The Labute approximate surface area is 93.2 Å². The Morgan fingerprint density at radius 3 is 2.75 bits per heavy atom. The SMILES string of the molecule is Cc1cc(F)ccc1C(=O)CC1OCCO1. The van der Waals surface area contributed by atoms with Crippen LogP contribution >= 0.6 is 0 Å². The molecule has 86 valence electrons. The lowest BCUT2D eigenvalue weighted by Gasteiger charge is -2.09. The van der Waals surface area contributed by atoms with E-state index in [0.717, 1.165) is 0 Å². The highest BCUT2D eigenvalue weighted by atomic mass is 19.1. The van der Waals surface area contributed by atoms with E-state index in [9.17, 15) is 9.18 Å². The minimum Gasteiger partial charge on any atom is -0.350 e. The fourth-order valence-corrected chi connectivity index (χ4v) is 1.73. The van der Waals surface area contributed by atoms with Crippen LogP contribution in [0.5, 0.6) is 0 Å². The highest BCUT2D eigenvalue weighted by molar-refractivity contribution is 5.97. The molecule has 0 amide bonds. The summed E-state index contributed by atoms with van der Waals surface area (Å²) in [7, 11) is 0. The van der Waals surface area contributed by atoms with Gasteiger partial charge in [-0.25, -0.2) is 4.39 Å². The smallest absolute Gasteiger partial charge is 0.168 e. The number of carbonyl (C=O) groups excluding carboxylic acids is 1. The molecule has 0 aliphatic carbocycles. The molecule has 1 saturated heterocycles. The van der Waals surface area contributed by atoms with Gasteiger partial charge in [-0.05, 0) is 30.7 Å². The third-order valence-electron chi connectivity index (χ3n) is 2.53. The predicted octanol–water partition coefficient (Wildman–Crippen LogP) is 2.08. The van der Waals surface area contributed by atoms with Crippen molar-refractivity contribution in [3.8, 4) is 0 Å². The Hall–Kier alpha value is -1.26. The van der Waals surface area contributed by atoms with E-state index in [0.29, 0.717) is 24.3 Å². The Balaban J connectivity index is 2.08. The van der Waals surface area contributed by atoms with Crippen molar-refractivity contribution in [3.63, 3.8) is 0 Å². The molecular formula is C12H13FO3. The highest BCUT2D eigenvalue weighted by Crippen LogP contribution is 2.16. The third kappa shape index (κ3) is 2.46. The van der Waals surface area contributed by atoms with E-state index in [1.807, 2.05) is 0 Å². The largest absolute Gasteiger partial charge is 0.350 e. The van der Waals surface area contributed by atoms with Crippen LogP contribution in [0.3, 0.4) is 0 Å². The topological polar surface area (TPSA) is 35.5 Å². The maximum Gasteiger partial charge on any atom is 0.168 e. The first kappa shape index (κ1) is 11.2. The molecule has 1 aliphatic rings. The van der Waals surface area contributed by atoms with Gasteiger partial charge in [0.2, 0.25) is 0 Å². The lowest BCUT2D eigenvalue weighted by atomic mass is 10.0. The first-order valence-corrected chi connectivity index (χ1v) is 5.19. The highest BCUT2D eigenvalue weighted by Gasteiger charge is 2.21. The molecule has 0 atom stereocenters. The minimum absolute atomic E-state index is 0.0793. The van der Waals surface area contributed by atoms with E-state index < -0.39 is 6.29 Å². The van der Waals surface area contributed by atoms with Gasteiger partial charge in [0.15, 0.2) is 12.1 Å². The molecule has 0 saturated carbocycles. The molecule has 1 aliphatic heterocycles. The van der Waals surface area contributed by atoms with Crippen molar-refractivity contribution < 1.29 is 18.7 Å². The van der Waals surface area contributed by atoms with Crippen LogP contribution in [0.25, 0.3) is 0 Å². The number of hydrogen-bond acceptors (Lipinski definition) is 3. The summed E-state index contributed by atoms with van der Waals surface area (Å²) in [4.78, 5) is 11.9. The molecule has 0 bridgehead atoms. The lowest BCUT2D eigenvalue weighted by molar-refractivity contribution is -0.0407. The maximum absolute atomic E-state index is 12.9. The number of hydrogen-bond donors (Lipinski definition) is 0. The zero-order valence-electron chi connectivity index (χ0n) is 9.03. The lowest BCUT2D eigenvalue weighted by Crippen LogP contribution is -2.15. The number of aryl methyl sites for hydroxylation is 1. The predicted molar refractivity (Wildman–Crippen MR) is 55.8 cm³/mol. The van der Waals surface area contributed by atoms with Crippen molar-refractivity contribution in [3.05, 3.63) is 35.1 Å². The van der Waals surface area contributed by atoms with E-state index in [1.54, 1.807) is 6.92 Å². The second-order valence-electron chi connectivity index (χ2n) is 3.76. The second kappa shape index (κ2) is 4.72. The molecule has 0 unspecified atom stereocenters. The fraction of sp³-hybridized carbons (Fsp3) is 0.417. The van der Waals surface area contributed by atoms with Gasteiger partial charge in [0.05, 0.1) is 19.6 Å². The molecule has 0 spiro atoms. The van der Waals surface area contributed by atoms with Crippen LogP contribution in [0.4, 0.5) is 4.39 Å². The summed E-state index contributed by atoms with van der Waals surface area (Å²) in [6, 6.07) is 4.14. The van der Waals surface area contributed by atoms with E-state index in [4.69, 9.17) is 9.47 Å². The average molecular weight is 224 g/mol. The zero-order chi connectivity index (χ0) is 11.5. The average Bonchev–Trinajstić information content (AvgIpc) is 2.70. The first-order valence-electron chi connectivity index (χ1n) is 5.19. The molecule has 1 heterocycles. The summed E-state index contributed by atoms with van der Waals surface area (Å²) in [6.45, 7) is 2.77. The second-order valence-corrected chi connectivity index (χ2v) is 3.76. The van der Waals surface area contributed by atoms with Gasteiger partial charge in [-0.15, -0.1) is 0 Å². The Morgan fingerprint density at radius 1 is 1.44 bits per heavy atom. The van der Waals surface area contributed by atoms with Crippen LogP contribution in [0, 0.1) is 12.7 Å². The number of Topliss-reactive ketones (excluding diaryl/α,β-unsaturated/α-hetero) is 1. The van der Waals surface area contributed by atoms with Crippen LogP contribution in [0.15, 0.2) is 18.2 Å². The molecule has 1 fully saturated rings. The van der Waals surface area contributed by atoms with Crippen LogP contribution < -0.4 is 0 Å². The van der Waals surface area contributed by atoms with Crippen LogP contribution in [0.1, 0.15) is 22.3 Å². The summed E-state index contributed by atoms with van der Waals surface area (Å²) >= 11 is 0. The van der Waals surface area contributed by atoms with Crippen molar-refractivity contribution in [1.82, 2.24) is 0 Å². The molecule has 1 aromatic carbocycles. The van der Waals surface area contributed by atoms with Gasteiger partial charge in [-0.1, -0.05) is 0 Å². The van der Waals surface area contributed by atoms with Crippen LogP contribution in [0.2, 0.25) is 0 Å².